The first kappa shape index (κ1) is 10.2. The van der Waals surface area contributed by atoms with E-state index in [2.05, 4.69) is 4.90 Å². The largest absolute Gasteiger partial charge is 0.392 e. The molecule has 1 aliphatic heterocycles. The molecule has 72 valence electrons. The molecule has 0 amide bonds. The van der Waals surface area contributed by atoms with Crippen molar-refractivity contribution in [2.45, 2.75) is 19.4 Å². The van der Waals surface area contributed by atoms with Crippen LogP contribution in [0.2, 0.25) is 0 Å². The Morgan fingerprint density at radius 2 is 2.08 bits per heavy atom. The van der Waals surface area contributed by atoms with Crippen LogP contribution in [-0.4, -0.2) is 51.5 Å². The van der Waals surface area contributed by atoms with Gasteiger partial charge in [0.2, 0.25) is 0 Å². The molecule has 0 aromatic heterocycles. The summed E-state index contributed by atoms with van der Waals surface area (Å²) in [7, 11) is -0.601. The van der Waals surface area contributed by atoms with Gasteiger partial charge in [-0.25, -0.2) is 0 Å². The molecule has 12 heavy (non-hydrogen) atoms. The zero-order valence-electron chi connectivity index (χ0n) is 7.53. The van der Waals surface area contributed by atoms with Gasteiger partial charge in [0.15, 0.2) is 0 Å². The van der Waals surface area contributed by atoms with Crippen molar-refractivity contribution in [1.82, 2.24) is 4.90 Å². The number of β-amino-alcohol motifs (C(OH)–C–C–N with tert-alkyl or cyclic N) is 1. The molecule has 0 radical (unpaired) electrons. The Labute approximate surface area is 76.2 Å². The van der Waals surface area contributed by atoms with Crippen molar-refractivity contribution in [2.24, 2.45) is 0 Å². The molecule has 1 rings (SSSR count). The van der Waals surface area contributed by atoms with E-state index in [1.165, 1.54) is 0 Å². The number of rotatable bonds is 3. The molecule has 0 spiro atoms. The van der Waals surface area contributed by atoms with Gasteiger partial charge in [-0.3, -0.25) is 9.11 Å². The summed E-state index contributed by atoms with van der Waals surface area (Å²) in [5.41, 5.74) is 0. The maximum Gasteiger partial charge on any atom is 0.0664 e. The van der Waals surface area contributed by atoms with Gasteiger partial charge in [0.1, 0.15) is 0 Å². The number of aliphatic hydroxyl groups excluding tert-OH is 1. The van der Waals surface area contributed by atoms with Crippen molar-refractivity contribution in [3.63, 3.8) is 0 Å². The van der Waals surface area contributed by atoms with Crippen LogP contribution in [0, 0.1) is 0 Å². The molecule has 3 nitrogen and oxygen atoms in total. The topological polar surface area (TPSA) is 40.5 Å². The number of hydrogen-bond donors (Lipinski definition) is 1. The highest BCUT2D eigenvalue weighted by Crippen LogP contribution is 2.02. The molecular formula is C8H17NO2S. The molecule has 1 fully saturated rings. The molecule has 1 N–H and O–H groups in total. The van der Waals surface area contributed by atoms with Crippen LogP contribution in [0.15, 0.2) is 0 Å². The van der Waals surface area contributed by atoms with Gasteiger partial charge in [0, 0.05) is 41.9 Å². The van der Waals surface area contributed by atoms with Crippen LogP contribution in [-0.2, 0) is 10.8 Å². The fraction of sp³-hybridized carbons (Fsp3) is 1.00. The molecule has 0 saturated carbocycles. The van der Waals surface area contributed by atoms with Crippen LogP contribution in [0.3, 0.4) is 0 Å². The summed E-state index contributed by atoms with van der Waals surface area (Å²) in [5, 5.41) is 9.36. The second kappa shape index (κ2) is 4.94. The van der Waals surface area contributed by atoms with E-state index >= 15 is 0 Å². The van der Waals surface area contributed by atoms with Gasteiger partial charge >= 0.3 is 0 Å². The fourth-order valence-corrected chi connectivity index (χ4v) is 2.41. The first-order valence-electron chi connectivity index (χ1n) is 4.47. The van der Waals surface area contributed by atoms with Crippen LogP contribution in [0.4, 0.5) is 0 Å². The summed E-state index contributed by atoms with van der Waals surface area (Å²) in [6.07, 6.45) is 0.594. The summed E-state index contributed by atoms with van der Waals surface area (Å²) >= 11 is 0. The van der Waals surface area contributed by atoms with Gasteiger partial charge in [0.05, 0.1) is 6.10 Å². The smallest absolute Gasteiger partial charge is 0.0664 e. The normalized spacial score (nSPS) is 24.2. The quantitative estimate of drug-likeness (QED) is 0.673. The van der Waals surface area contributed by atoms with E-state index in [0.29, 0.717) is 0 Å². The lowest BCUT2D eigenvalue weighted by Gasteiger charge is -2.27. The van der Waals surface area contributed by atoms with Gasteiger partial charge < -0.3 is 5.11 Å². The minimum absolute atomic E-state index is 0.212. The lowest BCUT2D eigenvalue weighted by molar-refractivity contribution is 0.114. The predicted octanol–water partition coefficient (Wildman–Crippen LogP) is -0.178. The highest BCUT2D eigenvalue weighted by Gasteiger charge is 2.16. The van der Waals surface area contributed by atoms with Gasteiger partial charge in [-0.15, -0.1) is 0 Å². The molecule has 1 saturated heterocycles. The molecular weight excluding hydrogens is 174 g/mol. The van der Waals surface area contributed by atoms with Crippen LogP contribution >= 0.6 is 0 Å². The van der Waals surface area contributed by atoms with Gasteiger partial charge in [-0.05, 0) is 6.42 Å². The molecule has 1 aliphatic rings. The molecule has 0 aromatic carbocycles. The summed E-state index contributed by atoms with van der Waals surface area (Å²) in [4.78, 5) is 2.19. The van der Waals surface area contributed by atoms with Crippen molar-refractivity contribution >= 4 is 10.8 Å². The van der Waals surface area contributed by atoms with Crippen molar-refractivity contribution in [3.8, 4) is 0 Å². The Bertz CT molecular complexity index is 153. The minimum atomic E-state index is -0.601. The van der Waals surface area contributed by atoms with E-state index in [1.807, 2.05) is 6.92 Å². The Hall–Kier alpha value is 0.0700. The lowest BCUT2D eigenvalue weighted by Crippen LogP contribution is -2.41. The summed E-state index contributed by atoms with van der Waals surface area (Å²) < 4.78 is 11.0. The predicted molar refractivity (Wildman–Crippen MR) is 50.6 cm³/mol. The van der Waals surface area contributed by atoms with E-state index in [-0.39, 0.29) is 6.10 Å². The SMILES string of the molecule is CCC(O)CN1CCS(=O)CC1. The third kappa shape index (κ3) is 3.21. The zero-order valence-corrected chi connectivity index (χ0v) is 8.35. The van der Waals surface area contributed by atoms with E-state index in [0.717, 1.165) is 37.6 Å². The molecule has 1 unspecified atom stereocenters. The summed E-state index contributed by atoms with van der Waals surface area (Å²) in [5.74, 6) is 1.55. The Morgan fingerprint density at radius 1 is 1.50 bits per heavy atom. The zero-order chi connectivity index (χ0) is 8.97. The van der Waals surface area contributed by atoms with Crippen LogP contribution in [0.25, 0.3) is 0 Å². The summed E-state index contributed by atoms with van der Waals surface area (Å²) in [6.45, 7) is 4.48. The maximum atomic E-state index is 11.0. The van der Waals surface area contributed by atoms with Gasteiger partial charge in [0.25, 0.3) is 0 Å². The molecule has 0 bridgehead atoms. The third-order valence-corrected chi connectivity index (χ3v) is 3.49. The monoisotopic (exact) mass is 191 g/mol. The highest BCUT2D eigenvalue weighted by atomic mass is 32.2. The Kier molecular flexibility index (Phi) is 4.18. The molecule has 0 aliphatic carbocycles. The van der Waals surface area contributed by atoms with Crippen LogP contribution in [0.1, 0.15) is 13.3 Å². The highest BCUT2D eigenvalue weighted by molar-refractivity contribution is 7.85. The minimum Gasteiger partial charge on any atom is -0.392 e. The Balaban J connectivity index is 2.21. The second-order valence-electron chi connectivity index (χ2n) is 3.21. The molecule has 1 heterocycles. The number of hydrogen-bond acceptors (Lipinski definition) is 3. The van der Waals surface area contributed by atoms with Crippen LogP contribution in [0.5, 0.6) is 0 Å². The van der Waals surface area contributed by atoms with Crippen molar-refractivity contribution in [2.75, 3.05) is 31.1 Å². The number of aliphatic hydroxyl groups is 1. The molecule has 1 atom stereocenters. The fourth-order valence-electron chi connectivity index (χ4n) is 1.29. The van der Waals surface area contributed by atoms with Crippen molar-refractivity contribution in [3.05, 3.63) is 0 Å². The number of nitrogens with zero attached hydrogens (tertiary/aromatic N) is 1. The molecule has 4 heteroatoms. The standard InChI is InChI=1S/C8H17NO2S/c1-2-8(10)7-9-3-5-12(11)6-4-9/h8,10H,2-7H2,1H3. The average Bonchev–Trinajstić information content (AvgIpc) is 2.09. The van der Waals surface area contributed by atoms with Gasteiger partial charge in [-0.1, -0.05) is 6.92 Å². The van der Waals surface area contributed by atoms with Crippen molar-refractivity contribution < 1.29 is 9.32 Å². The maximum absolute atomic E-state index is 11.0. The first-order chi connectivity index (χ1) is 5.72. The van der Waals surface area contributed by atoms with E-state index < -0.39 is 10.8 Å². The first-order valence-corrected chi connectivity index (χ1v) is 5.96. The third-order valence-electron chi connectivity index (χ3n) is 2.21. The van der Waals surface area contributed by atoms with Crippen molar-refractivity contribution in [1.29, 1.82) is 0 Å². The Morgan fingerprint density at radius 3 is 2.58 bits per heavy atom. The van der Waals surface area contributed by atoms with E-state index in [1.54, 1.807) is 0 Å². The average molecular weight is 191 g/mol. The van der Waals surface area contributed by atoms with E-state index in [4.69, 9.17) is 0 Å². The van der Waals surface area contributed by atoms with Crippen LogP contribution < -0.4 is 0 Å². The van der Waals surface area contributed by atoms with Gasteiger partial charge in [-0.2, -0.15) is 0 Å². The summed E-state index contributed by atoms with van der Waals surface area (Å²) in [6, 6.07) is 0. The molecule has 0 aromatic rings. The lowest BCUT2D eigenvalue weighted by atomic mass is 10.2. The second-order valence-corrected chi connectivity index (χ2v) is 4.91. The van der Waals surface area contributed by atoms with E-state index in [9.17, 15) is 9.32 Å².